The molecule has 0 aliphatic carbocycles. The first-order valence-corrected chi connectivity index (χ1v) is 7.38. The Hall–Kier alpha value is -2.63. The minimum atomic E-state index is -0.372. The Morgan fingerprint density at radius 3 is 2.83 bits per heavy atom. The summed E-state index contributed by atoms with van der Waals surface area (Å²) in [7, 11) is 0. The van der Waals surface area contributed by atoms with E-state index < -0.39 is 0 Å². The van der Waals surface area contributed by atoms with E-state index in [1.807, 2.05) is 54.7 Å². The molecule has 2 aromatic heterocycles. The van der Waals surface area contributed by atoms with Crippen molar-refractivity contribution in [3.8, 4) is 0 Å². The number of benzene rings is 1. The predicted octanol–water partition coefficient (Wildman–Crippen LogP) is 3.25. The van der Waals surface area contributed by atoms with Gasteiger partial charge in [-0.15, -0.1) is 0 Å². The van der Waals surface area contributed by atoms with E-state index in [1.165, 1.54) is 6.08 Å². The van der Waals surface area contributed by atoms with Crippen molar-refractivity contribution in [3.05, 3.63) is 77.2 Å². The van der Waals surface area contributed by atoms with Gasteiger partial charge in [0.15, 0.2) is 5.15 Å². The number of nitrogens with zero attached hydrogens (tertiary/aromatic N) is 2. The zero-order chi connectivity index (χ0) is 16.1. The number of fused-ring (bicyclic) bond motifs is 1. The van der Waals surface area contributed by atoms with Gasteiger partial charge in [0.2, 0.25) is 0 Å². The number of rotatable bonds is 5. The first kappa shape index (κ1) is 15.3. The number of hydrogen-bond donors (Lipinski definition) is 1. The molecule has 2 heterocycles. The van der Waals surface area contributed by atoms with Crippen molar-refractivity contribution in [2.24, 2.45) is 0 Å². The first-order valence-electron chi connectivity index (χ1n) is 7.00. The Bertz CT molecular complexity index is 843. The van der Waals surface area contributed by atoms with Crippen LogP contribution in [0.2, 0.25) is 5.15 Å². The van der Waals surface area contributed by atoms with Crippen LogP contribution in [-0.2, 0) is 16.2 Å². The average Bonchev–Trinajstić information content (AvgIpc) is 2.89. The summed E-state index contributed by atoms with van der Waals surface area (Å²) >= 11 is 6.09. The van der Waals surface area contributed by atoms with Crippen LogP contribution in [0.25, 0.3) is 11.7 Å². The van der Waals surface area contributed by atoms with E-state index >= 15 is 0 Å². The van der Waals surface area contributed by atoms with Crippen LogP contribution in [0.3, 0.4) is 0 Å². The maximum absolute atomic E-state index is 11.8. The number of amides is 1. The summed E-state index contributed by atoms with van der Waals surface area (Å²) in [6.07, 6.45) is 4.79. The summed E-state index contributed by atoms with van der Waals surface area (Å²) in [5.74, 6) is -0.372. The Kier molecular flexibility index (Phi) is 4.71. The third kappa shape index (κ3) is 3.77. The molecule has 0 spiro atoms. The smallest absolute Gasteiger partial charge is 0.267 e. The van der Waals surface area contributed by atoms with Gasteiger partial charge in [-0.05, 0) is 23.8 Å². The summed E-state index contributed by atoms with van der Waals surface area (Å²) < 4.78 is 1.80. The normalized spacial score (nSPS) is 11.2. The molecule has 0 aliphatic rings. The average molecular weight is 328 g/mol. The quantitative estimate of drug-likeness (QED) is 0.578. The number of halogens is 1. The first-order chi connectivity index (χ1) is 11.2. The lowest BCUT2D eigenvalue weighted by atomic mass is 10.2. The summed E-state index contributed by atoms with van der Waals surface area (Å²) in [5, 5.41) is 0.338. The fourth-order valence-electron chi connectivity index (χ4n) is 2.09. The number of aromatic nitrogens is 2. The van der Waals surface area contributed by atoms with Gasteiger partial charge in [0.05, 0.1) is 12.3 Å². The summed E-state index contributed by atoms with van der Waals surface area (Å²) in [6.45, 7) is 0.302. The van der Waals surface area contributed by atoms with E-state index in [4.69, 9.17) is 16.4 Å². The van der Waals surface area contributed by atoms with E-state index in [9.17, 15) is 4.79 Å². The lowest BCUT2D eigenvalue weighted by molar-refractivity contribution is -0.129. The molecule has 0 bridgehead atoms. The van der Waals surface area contributed by atoms with Crippen LogP contribution < -0.4 is 5.48 Å². The van der Waals surface area contributed by atoms with Crippen LogP contribution >= 0.6 is 11.6 Å². The Morgan fingerprint density at radius 1 is 1.22 bits per heavy atom. The van der Waals surface area contributed by atoms with Gasteiger partial charge >= 0.3 is 0 Å². The molecule has 1 aromatic carbocycles. The van der Waals surface area contributed by atoms with E-state index in [0.29, 0.717) is 17.5 Å². The number of hydrogen-bond acceptors (Lipinski definition) is 3. The van der Waals surface area contributed by atoms with Crippen molar-refractivity contribution < 1.29 is 9.63 Å². The third-order valence-electron chi connectivity index (χ3n) is 3.17. The van der Waals surface area contributed by atoms with E-state index in [1.54, 1.807) is 10.5 Å². The maximum atomic E-state index is 11.8. The monoisotopic (exact) mass is 327 g/mol. The number of carbonyl (C=O) groups excluding carboxylic acids is 1. The predicted molar refractivity (Wildman–Crippen MR) is 88.6 cm³/mol. The molecule has 3 aromatic rings. The summed E-state index contributed by atoms with van der Waals surface area (Å²) in [4.78, 5) is 21.2. The summed E-state index contributed by atoms with van der Waals surface area (Å²) in [5.41, 5.74) is 4.70. The molecule has 0 aliphatic heterocycles. The van der Waals surface area contributed by atoms with Gasteiger partial charge < -0.3 is 0 Å². The highest BCUT2D eigenvalue weighted by Crippen LogP contribution is 2.18. The van der Waals surface area contributed by atoms with Crippen molar-refractivity contribution in [3.63, 3.8) is 0 Å². The van der Waals surface area contributed by atoms with Crippen molar-refractivity contribution in [2.75, 3.05) is 0 Å². The second-order valence-corrected chi connectivity index (χ2v) is 5.15. The lowest BCUT2D eigenvalue weighted by Crippen LogP contribution is -2.21. The molecule has 0 unspecified atom stereocenters. The number of hydroxylamine groups is 1. The molecular weight excluding hydrogens is 314 g/mol. The zero-order valence-corrected chi connectivity index (χ0v) is 12.9. The molecular formula is C17H14ClN3O2. The van der Waals surface area contributed by atoms with Crippen LogP contribution in [0.4, 0.5) is 0 Å². The van der Waals surface area contributed by atoms with Crippen LogP contribution in [0.1, 0.15) is 11.3 Å². The lowest BCUT2D eigenvalue weighted by Gasteiger charge is -2.03. The maximum Gasteiger partial charge on any atom is 0.267 e. The molecule has 1 amide bonds. The van der Waals surface area contributed by atoms with Crippen LogP contribution in [0.5, 0.6) is 0 Å². The number of pyridine rings is 1. The van der Waals surface area contributed by atoms with Crippen molar-refractivity contribution in [1.82, 2.24) is 14.9 Å². The second-order valence-electron chi connectivity index (χ2n) is 4.79. The molecule has 6 heteroatoms. The van der Waals surface area contributed by atoms with E-state index in [2.05, 4.69) is 10.5 Å². The number of carbonyl (C=O) groups is 1. The molecule has 0 atom stereocenters. The van der Waals surface area contributed by atoms with Crippen molar-refractivity contribution in [2.45, 2.75) is 6.61 Å². The molecule has 23 heavy (non-hydrogen) atoms. The van der Waals surface area contributed by atoms with Crippen molar-refractivity contribution in [1.29, 1.82) is 0 Å². The van der Waals surface area contributed by atoms with Gasteiger partial charge in [-0.2, -0.15) is 0 Å². The van der Waals surface area contributed by atoms with Crippen molar-refractivity contribution >= 4 is 29.2 Å². The largest absolute Gasteiger partial charge is 0.299 e. The number of nitrogens with one attached hydrogen (secondary N) is 1. The molecule has 5 nitrogen and oxygen atoms in total. The molecule has 3 rings (SSSR count). The van der Waals surface area contributed by atoms with Gasteiger partial charge in [-0.1, -0.05) is 48.0 Å². The topological polar surface area (TPSA) is 55.6 Å². The SMILES string of the molecule is O=C(C=Cc1c(Cl)nc2ccccn12)NOCc1ccccc1. The highest BCUT2D eigenvalue weighted by atomic mass is 35.5. The van der Waals surface area contributed by atoms with Crippen LogP contribution in [0, 0.1) is 0 Å². The molecule has 0 radical (unpaired) electrons. The van der Waals surface area contributed by atoms with E-state index in [0.717, 1.165) is 11.2 Å². The third-order valence-corrected chi connectivity index (χ3v) is 3.45. The Morgan fingerprint density at radius 2 is 2.00 bits per heavy atom. The molecule has 116 valence electrons. The van der Waals surface area contributed by atoms with E-state index in [-0.39, 0.29) is 5.91 Å². The van der Waals surface area contributed by atoms with Gasteiger partial charge in [-0.25, -0.2) is 10.5 Å². The van der Waals surface area contributed by atoms with Gasteiger partial charge in [0, 0.05) is 12.3 Å². The zero-order valence-electron chi connectivity index (χ0n) is 12.1. The molecule has 1 N–H and O–H groups in total. The number of imidazole rings is 1. The van der Waals surface area contributed by atoms with Crippen LogP contribution in [0.15, 0.2) is 60.8 Å². The van der Waals surface area contributed by atoms with Gasteiger partial charge in [0.25, 0.3) is 5.91 Å². The molecule has 0 fully saturated rings. The Balaban J connectivity index is 1.60. The van der Waals surface area contributed by atoms with Gasteiger partial charge in [0.1, 0.15) is 5.65 Å². The second kappa shape index (κ2) is 7.09. The minimum absolute atomic E-state index is 0.302. The highest BCUT2D eigenvalue weighted by Gasteiger charge is 2.07. The highest BCUT2D eigenvalue weighted by molar-refractivity contribution is 6.31. The van der Waals surface area contributed by atoms with Crippen LogP contribution in [-0.4, -0.2) is 15.3 Å². The fourth-order valence-corrected chi connectivity index (χ4v) is 2.33. The summed E-state index contributed by atoms with van der Waals surface area (Å²) in [6, 6.07) is 15.2. The van der Waals surface area contributed by atoms with Gasteiger partial charge in [-0.3, -0.25) is 14.0 Å². The Labute approximate surface area is 138 Å². The molecule has 0 saturated carbocycles. The fraction of sp³-hybridized carbons (Fsp3) is 0.0588. The molecule has 0 saturated heterocycles. The standard InChI is InChI=1S/C17H14ClN3O2/c18-17-14(21-11-5-4-8-15(21)19-17)9-10-16(22)20-23-12-13-6-2-1-3-7-13/h1-11H,12H2,(H,20,22). The minimum Gasteiger partial charge on any atom is -0.299 e.